The van der Waals surface area contributed by atoms with Crippen molar-refractivity contribution < 1.29 is 4.79 Å². The van der Waals surface area contributed by atoms with Gasteiger partial charge in [-0.05, 0) is 49.3 Å². The number of hydrogen-bond donors (Lipinski definition) is 0. The predicted molar refractivity (Wildman–Crippen MR) is 135 cm³/mol. The minimum atomic E-state index is 0.150. The zero-order valence-electron chi connectivity index (χ0n) is 20.1. The molecule has 2 aromatic heterocycles. The molecular formula is C27H34N6O. The molecular weight excluding hydrogens is 424 g/mol. The minimum absolute atomic E-state index is 0.150. The van der Waals surface area contributed by atoms with E-state index in [1.165, 1.54) is 30.2 Å². The van der Waals surface area contributed by atoms with Gasteiger partial charge in [-0.3, -0.25) is 14.7 Å². The third kappa shape index (κ3) is 5.36. The van der Waals surface area contributed by atoms with E-state index in [1.54, 1.807) is 6.92 Å². The van der Waals surface area contributed by atoms with Gasteiger partial charge in [-0.2, -0.15) is 0 Å². The Hall–Kier alpha value is -3.06. The Morgan fingerprint density at radius 1 is 0.941 bits per heavy atom. The van der Waals surface area contributed by atoms with E-state index in [2.05, 4.69) is 44.0 Å². The maximum absolute atomic E-state index is 12.3. The maximum atomic E-state index is 12.3. The lowest BCUT2D eigenvalue weighted by atomic mass is 9.96. The highest BCUT2D eigenvalue weighted by Crippen LogP contribution is 2.23. The highest BCUT2D eigenvalue weighted by molar-refractivity contribution is 5.81. The number of nitrogens with zero attached hydrogens (tertiary/aromatic N) is 6. The summed E-state index contributed by atoms with van der Waals surface area (Å²) >= 11 is 0. The Bertz CT molecular complexity index is 1120. The lowest BCUT2D eigenvalue weighted by molar-refractivity contribution is -0.129. The number of carbonyl (C=O) groups excluding carboxylic acids is 1. The van der Waals surface area contributed by atoms with E-state index in [-0.39, 0.29) is 5.91 Å². The Balaban J connectivity index is 1.33. The van der Waals surface area contributed by atoms with Gasteiger partial charge >= 0.3 is 0 Å². The molecule has 1 aromatic carbocycles. The molecule has 1 amide bonds. The minimum Gasteiger partial charge on any atom is -0.341 e. The number of piperidine rings is 1. The summed E-state index contributed by atoms with van der Waals surface area (Å²) in [5, 5.41) is 1.17. The van der Waals surface area contributed by atoms with Crippen molar-refractivity contribution in [3.05, 3.63) is 60.0 Å². The van der Waals surface area contributed by atoms with Gasteiger partial charge in [0, 0.05) is 70.5 Å². The number of aromatic nitrogens is 3. The van der Waals surface area contributed by atoms with Crippen molar-refractivity contribution in [2.45, 2.75) is 39.2 Å². The maximum Gasteiger partial charge on any atom is 0.225 e. The van der Waals surface area contributed by atoms with Crippen molar-refractivity contribution in [1.82, 2.24) is 24.8 Å². The third-order valence-corrected chi connectivity index (χ3v) is 7.08. The van der Waals surface area contributed by atoms with Gasteiger partial charge in [0.25, 0.3) is 0 Å². The molecule has 7 heteroatoms. The van der Waals surface area contributed by atoms with E-state index < -0.39 is 0 Å². The highest BCUT2D eigenvalue weighted by Gasteiger charge is 2.25. The molecule has 5 rings (SSSR count). The molecule has 0 radical (unpaired) electrons. The monoisotopic (exact) mass is 458 g/mol. The van der Waals surface area contributed by atoms with Crippen LogP contribution in [-0.2, 0) is 17.8 Å². The molecule has 1 atom stereocenters. The van der Waals surface area contributed by atoms with Gasteiger partial charge in [-0.1, -0.05) is 24.3 Å². The zero-order chi connectivity index (χ0) is 23.3. The molecule has 178 valence electrons. The number of pyridine rings is 1. The topological polar surface area (TPSA) is 65.5 Å². The molecule has 7 nitrogen and oxygen atoms in total. The van der Waals surface area contributed by atoms with Gasteiger partial charge in [-0.25, -0.2) is 9.97 Å². The van der Waals surface area contributed by atoms with E-state index in [0.29, 0.717) is 5.92 Å². The quantitative estimate of drug-likeness (QED) is 0.583. The first-order valence-corrected chi connectivity index (χ1v) is 12.5. The second-order valence-corrected chi connectivity index (χ2v) is 9.66. The average Bonchev–Trinajstić information content (AvgIpc) is 3.07. The number of carbonyl (C=O) groups is 1. The van der Waals surface area contributed by atoms with E-state index in [1.807, 2.05) is 29.4 Å². The number of hydrogen-bond acceptors (Lipinski definition) is 6. The van der Waals surface area contributed by atoms with Gasteiger partial charge < -0.3 is 9.80 Å². The van der Waals surface area contributed by atoms with Crippen LogP contribution in [0.5, 0.6) is 0 Å². The molecule has 0 saturated carbocycles. The van der Waals surface area contributed by atoms with Gasteiger partial charge in [0.1, 0.15) is 0 Å². The van der Waals surface area contributed by atoms with Crippen molar-refractivity contribution >= 4 is 22.8 Å². The van der Waals surface area contributed by atoms with Crippen LogP contribution < -0.4 is 4.90 Å². The number of para-hydroxylation sites is 1. The summed E-state index contributed by atoms with van der Waals surface area (Å²) in [4.78, 5) is 33.2. The van der Waals surface area contributed by atoms with E-state index in [9.17, 15) is 4.79 Å². The molecule has 1 unspecified atom stereocenters. The number of benzene rings is 1. The van der Waals surface area contributed by atoms with Crippen molar-refractivity contribution in [3.8, 4) is 0 Å². The number of amides is 1. The lowest BCUT2D eigenvalue weighted by Gasteiger charge is -2.27. The molecule has 2 saturated heterocycles. The molecule has 0 bridgehead atoms. The summed E-state index contributed by atoms with van der Waals surface area (Å²) in [6.07, 6.45) is 8.38. The second-order valence-electron chi connectivity index (χ2n) is 9.66. The SMILES string of the molecule is CC(=O)N1CCN(Cc2ccnc(N3CCCCC3)n2)CC(Cc2cccc3cccnc23)C1. The summed E-state index contributed by atoms with van der Waals surface area (Å²) < 4.78 is 0. The first kappa shape index (κ1) is 22.7. The van der Waals surface area contributed by atoms with Crippen LogP contribution in [0.2, 0.25) is 0 Å². The van der Waals surface area contributed by atoms with Crippen LogP contribution in [0.1, 0.15) is 37.4 Å². The molecule has 3 aromatic rings. The fourth-order valence-corrected chi connectivity index (χ4v) is 5.33. The molecule has 0 aliphatic carbocycles. The second kappa shape index (κ2) is 10.5. The van der Waals surface area contributed by atoms with Crippen molar-refractivity contribution in [2.24, 2.45) is 5.92 Å². The number of rotatable bonds is 5. The predicted octanol–water partition coefficient (Wildman–Crippen LogP) is 3.54. The van der Waals surface area contributed by atoms with Crippen LogP contribution in [0.15, 0.2) is 48.8 Å². The van der Waals surface area contributed by atoms with Gasteiger partial charge in [0.2, 0.25) is 11.9 Å². The van der Waals surface area contributed by atoms with Gasteiger partial charge in [0.15, 0.2) is 0 Å². The van der Waals surface area contributed by atoms with Crippen LogP contribution in [0.25, 0.3) is 10.9 Å². The number of anilines is 1. The number of fused-ring (bicyclic) bond motifs is 1. The van der Waals surface area contributed by atoms with E-state index >= 15 is 0 Å². The van der Waals surface area contributed by atoms with Crippen LogP contribution >= 0.6 is 0 Å². The van der Waals surface area contributed by atoms with E-state index in [4.69, 9.17) is 4.98 Å². The first-order valence-electron chi connectivity index (χ1n) is 12.5. The molecule has 0 N–H and O–H groups in total. The van der Waals surface area contributed by atoms with Crippen molar-refractivity contribution in [2.75, 3.05) is 44.2 Å². The summed E-state index contributed by atoms with van der Waals surface area (Å²) in [5.41, 5.74) is 3.37. The Morgan fingerprint density at radius 2 is 1.79 bits per heavy atom. The molecule has 4 heterocycles. The molecule has 2 fully saturated rings. The fraction of sp³-hybridized carbons (Fsp3) is 0.481. The Labute approximate surface area is 201 Å². The Morgan fingerprint density at radius 3 is 2.65 bits per heavy atom. The smallest absolute Gasteiger partial charge is 0.225 e. The molecule has 2 aliphatic heterocycles. The average molecular weight is 459 g/mol. The summed E-state index contributed by atoms with van der Waals surface area (Å²) in [5.74, 6) is 1.34. The van der Waals surface area contributed by atoms with Gasteiger partial charge in [-0.15, -0.1) is 0 Å². The fourth-order valence-electron chi connectivity index (χ4n) is 5.33. The summed E-state index contributed by atoms with van der Waals surface area (Å²) in [6.45, 7) is 7.86. The van der Waals surface area contributed by atoms with E-state index in [0.717, 1.165) is 69.4 Å². The zero-order valence-corrected chi connectivity index (χ0v) is 20.1. The standard InChI is InChI=1S/C27H34N6O/c1-21(34)33-16-15-31(20-25-10-12-29-27(30-25)32-13-3-2-4-14-32)18-22(19-33)17-24-8-5-7-23-9-6-11-28-26(23)24/h5-12,22H,2-4,13-20H2,1H3. The first-order chi connectivity index (χ1) is 16.7. The molecule has 0 spiro atoms. The van der Waals surface area contributed by atoms with Crippen LogP contribution in [0.3, 0.4) is 0 Å². The largest absolute Gasteiger partial charge is 0.341 e. The van der Waals surface area contributed by atoms with Crippen LogP contribution in [0.4, 0.5) is 5.95 Å². The van der Waals surface area contributed by atoms with Crippen molar-refractivity contribution in [3.63, 3.8) is 0 Å². The van der Waals surface area contributed by atoms with Crippen LogP contribution in [0, 0.1) is 5.92 Å². The lowest BCUT2D eigenvalue weighted by Crippen LogP contribution is -2.34. The normalized spacial score (nSPS) is 19.9. The molecule has 2 aliphatic rings. The van der Waals surface area contributed by atoms with Crippen LogP contribution in [-0.4, -0.2) is 69.9 Å². The summed E-state index contributed by atoms with van der Waals surface area (Å²) in [7, 11) is 0. The molecule has 34 heavy (non-hydrogen) atoms. The highest BCUT2D eigenvalue weighted by atomic mass is 16.2. The van der Waals surface area contributed by atoms with Gasteiger partial charge in [0.05, 0.1) is 11.2 Å². The van der Waals surface area contributed by atoms with Crippen molar-refractivity contribution in [1.29, 1.82) is 0 Å². The Kier molecular flexibility index (Phi) is 7.00. The summed E-state index contributed by atoms with van der Waals surface area (Å²) in [6, 6.07) is 12.5. The third-order valence-electron chi connectivity index (χ3n) is 7.08.